The average Bonchev–Trinajstić information content (AvgIpc) is 2.59. The van der Waals surface area contributed by atoms with Crippen LogP contribution >= 0.6 is 22.6 Å². The lowest BCUT2D eigenvalue weighted by Gasteiger charge is -2.42. The molecule has 188 valence electrons. The van der Waals surface area contributed by atoms with Crippen LogP contribution in [0.3, 0.4) is 0 Å². The highest BCUT2D eigenvalue weighted by Crippen LogP contribution is 2.62. The first-order chi connectivity index (χ1) is 13.4. The first kappa shape index (κ1) is 30.5. The molecule has 0 heterocycles. The van der Waals surface area contributed by atoms with Crippen molar-refractivity contribution in [3.8, 4) is 0 Å². The van der Waals surface area contributed by atoms with Crippen molar-refractivity contribution in [1.29, 1.82) is 0 Å². The van der Waals surface area contributed by atoms with Gasteiger partial charge in [0.05, 0.1) is 17.1 Å². The van der Waals surface area contributed by atoms with Gasteiger partial charge in [-0.3, -0.25) is 0 Å². The van der Waals surface area contributed by atoms with Gasteiger partial charge in [-0.25, -0.2) is 8.78 Å². The third kappa shape index (κ3) is 4.77. The molecule has 0 spiro atoms. The Morgan fingerprint density at radius 2 is 1.00 bits per heavy atom. The number of aliphatic hydroxyl groups excluding tert-OH is 1. The van der Waals surface area contributed by atoms with Gasteiger partial charge in [-0.2, -0.15) is 61.5 Å². The van der Waals surface area contributed by atoms with Gasteiger partial charge in [0.1, 0.15) is 6.61 Å². The Bertz CT molecular complexity index is 607. The Morgan fingerprint density at radius 1 is 0.645 bits per heavy atom. The Morgan fingerprint density at radius 3 is 1.35 bits per heavy atom. The fourth-order valence-electron chi connectivity index (χ4n) is 1.63. The summed E-state index contributed by atoms with van der Waals surface area (Å²) in [4.78, 5) is 0. The zero-order valence-electron chi connectivity index (χ0n) is 14.1. The van der Waals surface area contributed by atoms with E-state index in [9.17, 15) is 70.2 Å². The van der Waals surface area contributed by atoms with Gasteiger partial charge in [0, 0.05) is 0 Å². The van der Waals surface area contributed by atoms with E-state index in [1.54, 1.807) is 0 Å². The molecule has 0 saturated heterocycles. The molecular weight excluding hydrogens is 607 g/mol. The third-order valence-electron chi connectivity index (χ3n) is 3.51. The lowest BCUT2D eigenvalue weighted by molar-refractivity contribution is -0.448. The normalized spacial score (nSPS) is 16.7. The zero-order chi connectivity index (χ0) is 25.5. The fraction of sp³-hybridized carbons (Fsp3) is 1.00. The van der Waals surface area contributed by atoms with E-state index >= 15 is 0 Å². The number of hydrogen-bond donors (Lipinski definition) is 1. The van der Waals surface area contributed by atoms with Crippen LogP contribution in [0.1, 0.15) is 0 Å². The molecule has 1 N–H and O–H groups in total. The van der Waals surface area contributed by atoms with E-state index in [-0.39, 0.29) is 0 Å². The van der Waals surface area contributed by atoms with Crippen molar-refractivity contribution in [2.45, 2.75) is 51.8 Å². The third-order valence-corrected chi connectivity index (χ3v) is 4.26. The summed E-state index contributed by atoms with van der Waals surface area (Å²) in [7, 11) is 0. The second-order valence-electron chi connectivity index (χ2n) is 5.80. The minimum atomic E-state index is -8.41. The lowest BCUT2D eigenvalue weighted by atomic mass is 9.89. The van der Waals surface area contributed by atoms with Crippen molar-refractivity contribution in [3.63, 3.8) is 0 Å². The number of rotatable bonds is 12. The molecule has 0 bridgehead atoms. The van der Waals surface area contributed by atoms with Gasteiger partial charge >= 0.3 is 47.9 Å². The predicted molar refractivity (Wildman–Crippen MR) is 76.3 cm³/mol. The number of ether oxygens (including phenoxy) is 1. The summed E-state index contributed by atoms with van der Waals surface area (Å²) in [6.45, 7) is -4.85. The van der Waals surface area contributed by atoms with Crippen molar-refractivity contribution < 1.29 is 80.1 Å². The van der Waals surface area contributed by atoms with Crippen LogP contribution in [0.5, 0.6) is 0 Å². The molecule has 0 amide bonds. The van der Waals surface area contributed by atoms with Gasteiger partial charge in [-0.05, 0) is 0 Å². The molecule has 0 aromatic rings. The second-order valence-corrected chi connectivity index (χ2v) is 7.56. The van der Waals surface area contributed by atoms with Crippen molar-refractivity contribution in [2.24, 2.45) is 0 Å². The van der Waals surface area contributed by atoms with Crippen LogP contribution in [0.2, 0.25) is 0 Å². The molecule has 0 saturated carbocycles. The Balaban J connectivity index is 6.25. The summed E-state index contributed by atoms with van der Waals surface area (Å²) in [6, 6.07) is 0. The average molecular weight is 616 g/mol. The number of hydrogen-bond acceptors (Lipinski definition) is 2. The molecule has 0 aromatic heterocycles. The van der Waals surface area contributed by atoms with Crippen molar-refractivity contribution >= 4 is 22.6 Å². The van der Waals surface area contributed by atoms with Crippen molar-refractivity contribution in [3.05, 3.63) is 0 Å². The van der Waals surface area contributed by atoms with Crippen LogP contribution in [0.4, 0.5) is 70.2 Å². The van der Waals surface area contributed by atoms with Crippen molar-refractivity contribution in [2.75, 3.05) is 19.8 Å². The highest BCUT2D eigenvalue weighted by atomic mass is 127. The predicted octanol–water partition coefficient (Wildman–Crippen LogP) is 5.51. The van der Waals surface area contributed by atoms with Crippen LogP contribution in [-0.4, -0.2) is 76.7 Å². The SMILES string of the molecule is OCC(I)COCC(F)(F)C(F)(F)C(F)(F)C(F)(F)C(F)(F)C(F)(F)C(F)(F)C(F)F. The van der Waals surface area contributed by atoms with Crippen LogP contribution in [-0.2, 0) is 4.74 Å². The summed E-state index contributed by atoms with van der Waals surface area (Å²) >= 11 is 1.25. The number of aliphatic hydroxyl groups is 1. The summed E-state index contributed by atoms with van der Waals surface area (Å²) in [5.74, 6) is -54.7. The minimum absolute atomic E-state index is 0.851. The maximum Gasteiger partial charge on any atom is 0.384 e. The van der Waals surface area contributed by atoms with E-state index in [0.29, 0.717) is 0 Å². The molecule has 1 atom stereocenters. The molecule has 31 heavy (non-hydrogen) atoms. The van der Waals surface area contributed by atoms with E-state index in [4.69, 9.17) is 5.11 Å². The van der Waals surface area contributed by atoms with Gasteiger partial charge in [0.15, 0.2) is 0 Å². The molecule has 2 nitrogen and oxygen atoms in total. The van der Waals surface area contributed by atoms with Crippen LogP contribution < -0.4 is 0 Å². The standard InChI is InChI=1S/C12H9F16IO2/c13-5(14)7(17,18)9(21,22)11(25,26)12(27,28)10(23,24)8(19,20)6(15,16)3-31-2-4(29)1-30/h4-5,30H,1-3H2. The van der Waals surface area contributed by atoms with Crippen LogP contribution in [0.15, 0.2) is 0 Å². The van der Waals surface area contributed by atoms with Crippen molar-refractivity contribution in [1.82, 2.24) is 0 Å². The lowest BCUT2D eigenvalue weighted by Crippen LogP contribution is -2.74. The maximum atomic E-state index is 13.4. The first-order valence-corrected chi connectivity index (χ1v) is 8.40. The van der Waals surface area contributed by atoms with Gasteiger partial charge in [-0.15, -0.1) is 0 Å². The first-order valence-electron chi connectivity index (χ1n) is 7.15. The molecule has 0 rings (SSSR count). The summed E-state index contributed by atoms with van der Waals surface area (Å²) < 4.78 is 211. The van der Waals surface area contributed by atoms with E-state index in [0.717, 1.165) is 0 Å². The number of alkyl halides is 17. The highest BCUT2D eigenvalue weighted by Gasteiger charge is 2.93. The minimum Gasteiger partial charge on any atom is -0.395 e. The summed E-state index contributed by atoms with van der Waals surface area (Å²) in [5, 5.41) is 8.52. The topological polar surface area (TPSA) is 29.5 Å². The van der Waals surface area contributed by atoms with Crippen LogP contribution in [0, 0.1) is 0 Å². The van der Waals surface area contributed by atoms with E-state index in [2.05, 4.69) is 4.74 Å². The largest absolute Gasteiger partial charge is 0.395 e. The van der Waals surface area contributed by atoms with Gasteiger partial charge in [0.2, 0.25) is 0 Å². The molecule has 0 aliphatic carbocycles. The molecule has 1 unspecified atom stereocenters. The molecule has 0 aliphatic rings. The highest BCUT2D eigenvalue weighted by molar-refractivity contribution is 14.1. The fourth-order valence-corrected chi connectivity index (χ4v) is 1.88. The van der Waals surface area contributed by atoms with E-state index in [1.807, 2.05) is 0 Å². The molecule has 0 aromatic carbocycles. The quantitative estimate of drug-likeness (QED) is 0.178. The Kier molecular flexibility index (Phi) is 8.91. The number of halogens is 17. The molecule has 0 aliphatic heterocycles. The Hall–Kier alpha value is -0.470. The maximum absolute atomic E-state index is 13.4. The molecule has 0 fully saturated rings. The second kappa shape index (κ2) is 9.05. The summed E-state index contributed by atoms with van der Waals surface area (Å²) in [5.41, 5.74) is 0. The molecule has 0 radical (unpaired) electrons. The molecule has 19 heteroatoms. The van der Waals surface area contributed by atoms with E-state index in [1.165, 1.54) is 22.6 Å². The van der Waals surface area contributed by atoms with Gasteiger partial charge in [0.25, 0.3) is 0 Å². The van der Waals surface area contributed by atoms with Crippen LogP contribution in [0.25, 0.3) is 0 Å². The monoisotopic (exact) mass is 616 g/mol. The van der Waals surface area contributed by atoms with E-state index < -0.39 is 71.6 Å². The Labute approximate surface area is 175 Å². The molecular formula is C12H9F16IO2. The zero-order valence-corrected chi connectivity index (χ0v) is 16.2. The summed E-state index contributed by atoms with van der Waals surface area (Å²) in [6.07, 6.45) is -5.87. The van der Waals surface area contributed by atoms with Gasteiger partial charge in [-0.1, -0.05) is 22.6 Å². The van der Waals surface area contributed by atoms with Gasteiger partial charge < -0.3 is 9.84 Å². The smallest absolute Gasteiger partial charge is 0.384 e.